The molecule has 1 aliphatic heterocycles. The number of hydrogen-bond acceptors (Lipinski definition) is 4. The molecule has 1 aromatic carbocycles. The maximum Gasteiger partial charge on any atom is 0.0933 e. The number of rotatable bonds is 2. The van der Waals surface area contributed by atoms with E-state index in [-0.39, 0.29) is 0 Å². The fourth-order valence-electron chi connectivity index (χ4n) is 2.89. The van der Waals surface area contributed by atoms with Gasteiger partial charge in [0.05, 0.1) is 21.5 Å². The third-order valence-corrected chi connectivity index (χ3v) is 6.22. The summed E-state index contributed by atoms with van der Waals surface area (Å²) in [7, 11) is 0. The molecular formula is C17H16N2S2. The Kier molecular flexibility index (Phi) is 3.36. The Labute approximate surface area is 132 Å². The maximum atomic E-state index is 4.54. The molecule has 0 spiro atoms. The number of nitrogens with zero attached hydrogens (tertiary/aromatic N) is 1. The van der Waals surface area contributed by atoms with Crippen LogP contribution in [-0.2, 0) is 0 Å². The molecular weight excluding hydrogens is 296 g/mol. The van der Waals surface area contributed by atoms with E-state index >= 15 is 0 Å². The molecule has 21 heavy (non-hydrogen) atoms. The Morgan fingerprint density at radius 2 is 2.10 bits per heavy atom. The van der Waals surface area contributed by atoms with Crippen LogP contribution in [0.25, 0.3) is 10.9 Å². The van der Waals surface area contributed by atoms with Gasteiger partial charge in [-0.25, -0.2) is 0 Å². The SMILES string of the molecule is C[C@H]1CC(Nc2cccc3cccnc23)c2ccsc2S1. The van der Waals surface area contributed by atoms with Crippen molar-refractivity contribution in [2.45, 2.75) is 28.8 Å². The van der Waals surface area contributed by atoms with Crippen LogP contribution in [-0.4, -0.2) is 10.2 Å². The zero-order valence-corrected chi connectivity index (χ0v) is 13.4. The van der Waals surface area contributed by atoms with E-state index in [1.165, 1.54) is 15.2 Å². The summed E-state index contributed by atoms with van der Waals surface area (Å²) in [6.45, 7) is 2.31. The number of pyridine rings is 1. The van der Waals surface area contributed by atoms with E-state index in [0.29, 0.717) is 11.3 Å². The molecule has 2 nitrogen and oxygen atoms in total. The van der Waals surface area contributed by atoms with E-state index in [0.717, 1.165) is 17.6 Å². The predicted octanol–water partition coefficient (Wildman–Crippen LogP) is 5.33. The van der Waals surface area contributed by atoms with Crippen LogP contribution in [0.3, 0.4) is 0 Å². The highest BCUT2D eigenvalue weighted by Crippen LogP contribution is 2.45. The molecule has 4 rings (SSSR count). The molecule has 0 saturated carbocycles. The van der Waals surface area contributed by atoms with Crippen LogP contribution in [0.1, 0.15) is 24.9 Å². The quantitative estimate of drug-likeness (QED) is 0.692. The van der Waals surface area contributed by atoms with Crippen molar-refractivity contribution in [2.75, 3.05) is 5.32 Å². The van der Waals surface area contributed by atoms with E-state index in [9.17, 15) is 0 Å². The molecule has 2 aromatic heterocycles. The van der Waals surface area contributed by atoms with Crippen LogP contribution in [0.4, 0.5) is 5.69 Å². The van der Waals surface area contributed by atoms with Gasteiger partial charge in [0.15, 0.2) is 0 Å². The topological polar surface area (TPSA) is 24.9 Å². The molecule has 0 bridgehead atoms. The number of fused-ring (bicyclic) bond motifs is 2. The summed E-state index contributed by atoms with van der Waals surface area (Å²) in [5.74, 6) is 0. The Morgan fingerprint density at radius 1 is 1.19 bits per heavy atom. The van der Waals surface area contributed by atoms with E-state index in [1.807, 2.05) is 35.4 Å². The first-order valence-corrected chi connectivity index (χ1v) is 8.91. The summed E-state index contributed by atoms with van der Waals surface area (Å²) < 4.78 is 1.46. The van der Waals surface area contributed by atoms with E-state index in [1.54, 1.807) is 0 Å². The molecule has 1 unspecified atom stereocenters. The number of aromatic nitrogens is 1. The molecule has 2 atom stereocenters. The van der Waals surface area contributed by atoms with Gasteiger partial charge in [-0.05, 0) is 35.6 Å². The van der Waals surface area contributed by atoms with Crippen LogP contribution in [0.2, 0.25) is 0 Å². The Bertz CT molecular complexity index is 776. The summed E-state index contributed by atoms with van der Waals surface area (Å²) in [6.07, 6.45) is 3.01. The number of anilines is 1. The maximum absolute atomic E-state index is 4.54. The van der Waals surface area contributed by atoms with Gasteiger partial charge in [0.1, 0.15) is 0 Å². The highest BCUT2D eigenvalue weighted by molar-refractivity contribution is 8.01. The number of hydrogen-bond donors (Lipinski definition) is 1. The zero-order valence-electron chi connectivity index (χ0n) is 11.7. The highest BCUT2D eigenvalue weighted by Gasteiger charge is 2.26. The molecule has 0 radical (unpaired) electrons. The molecule has 1 N–H and O–H groups in total. The van der Waals surface area contributed by atoms with Crippen molar-refractivity contribution < 1.29 is 0 Å². The van der Waals surface area contributed by atoms with Crippen molar-refractivity contribution >= 4 is 39.7 Å². The van der Waals surface area contributed by atoms with Gasteiger partial charge in [0.2, 0.25) is 0 Å². The first-order chi connectivity index (χ1) is 10.3. The van der Waals surface area contributed by atoms with Crippen LogP contribution >= 0.6 is 23.1 Å². The molecule has 106 valence electrons. The summed E-state index contributed by atoms with van der Waals surface area (Å²) in [6, 6.07) is 13.1. The normalized spacial score (nSPS) is 21.2. The van der Waals surface area contributed by atoms with Gasteiger partial charge >= 0.3 is 0 Å². The summed E-state index contributed by atoms with van der Waals surface area (Å²) in [4.78, 5) is 4.54. The number of thioether (sulfide) groups is 1. The fraction of sp³-hybridized carbons (Fsp3) is 0.235. The van der Waals surface area contributed by atoms with Crippen molar-refractivity contribution in [1.82, 2.24) is 4.98 Å². The van der Waals surface area contributed by atoms with Crippen molar-refractivity contribution in [3.8, 4) is 0 Å². The second kappa shape index (κ2) is 5.35. The minimum Gasteiger partial charge on any atom is -0.376 e. The zero-order chi connectivity index (χ0) is 14.2. The van der Waals surface area contributed by atoms with Gasteiger partial charge in [0.25, 0.3) is 0 Å². The average Bonchev–Trinajstić information content (AvgIpc) is 2.96. The first kappa shape index (κ1) is 13.2. The predicted molar refractivity (Wildman–Crippen MR) is 92.4 cm³/mol. The van der Waals surface area contributed by atoms with Crippen molar-refractivity contribution in [1.29, 1.82) is 0 Å². The minimum atomic E-state index is 0.384. The number of benzene rings is 1. The summed E-state index contributed by atoms with van der Waals surface area (Å²) >= 11 is 3.85. The van der Waals surface area contributed by atoms with Gasteiger partial charge < -0.3 is 5.32 Å². The van der Waals surface area contributed by atoms with E-state index in [2.05, 4.69) is 52.9 Å². The third kappa shape index (κ3) is 2.43. The van der Waals surface area contributed by atoms with Crippen molar-refractivity contribution in [3.63, 3.8) is 0 Å². The average molecular weight is 312 g/mol. The Morgan fingerprint density at radius 3 is 3.05 bits per heavy atom. The van der Waals surface area contributed by atoms with Crippen LogP contribution < -0.4 is 5.32 Å². The molecule has 0 fully saturated rings. The summed E-state index contributed by atoms with van der Waals surface area (Å²) in [5.41, 5.74) is 3.63. The largest absolute Gasteiger partial charge is 0.376 e. The lowest BCUT2D eigenvalue weighted by Gasteiger charge is -2.28. The lowest BCUT2D eigenvalue weighted by Crippen LogP contribution is -2.19. The van der Waals surface area contributed by atoms with E-state index in [4.69, 9.17) is 0 Å². The van der Waals surface area contributed by atoms with Gasteiger partial charge in [0, 0.05) is 16.8 Å². The standard InChI is InChI=1S/C17H16N2S2/c1-11-10-15(13-7-9-20-17(13)21-11)19-14-6-2-4-12-5-3-8-18-16(12)14/h2-9,11,15,19H,10H2,1H3/t11-,15?/m0/s1. The van der Waals surface area contributed by atoms with Crippen LogP contribution in [0.5, 0.6) is 0 Å². The fourth-order valence-corrected chi connectivity index (χ4v) is 5.46. The second-order valence-corrected chi connectivity index (χ2v) is 8.03. The molecule has 0 saturated heterocycles. The first-order valence-electron chi connectivity index (χ1n) is 7.15. The van der Waals surface area contributed by atoms with Crippen molar-refractivity contribution in [3.05, 3.63) is 53.5 Å². The Hall–Kier alpha value is -1.52. The van der Waals surface area contributed by atoms with Gasteiger partial charge in [-0.3, -0.25) is 4.98 Å². The summed E-state index contributed by atoms with van der Waals surface area (Å²) in [5, 5.41) is 7.76. The lowest BCUT2D eigenvalue weighted by molar-refractivity contribution is 0.670. The lowest BCUT2D eigenvalue weighted by atomic mass is 10.0. The number of para-hydroxylation sites is 1. The highest BCUT2D eigenvalue weighted by atomic mass is 32.2. The molecule has 1 aliphatic rings. The van der Waals surface area contributed by atoms with Gasteiger partial charge in [-0.2, -0.15) is 0 Å². The van der Waals surface area contributed by atoms with Crippen LogP contribution in [0.15, 0.2) is 52.2 Å². The number of thiophene rings is 1. The third-order valence-electron chi connectivity index (χ3n) is 3.87. The monoisotopic (exact) mass is 312 g/mol. The number of nitrogens with one attached hydrogen (secondary N) is 1. The minimum absolute atomic E-state index is 0.384. The van der Waals surface area contributed by atoms with E-state index < -0.39 is 0 Å². The van der Waals surface area contributed by atoms with Gasteiger partial charge in [-0.15, -0.1) is 23.1 Å². The van der Waals surface area contributed by atoms with Gasteiger partial charge in [-0.1, -0.05) is 25.1 Å². The van der Waals surface area contributed by atoms with Crippen LogP contribution in [0, 0.1) is 0 Å². The molecule has 0 amide bonds. The Balaban J connectivity index is 1.73. The van der Waals surface area contributed by atoms with Crippen molar-refractivity contribution in [2.24, 2.45) is 0 Å². The molecule has 3 aromatic rings. The second-order valence-electron chi connectivity index (χ2n) is 5.41. The smallest absolute Gasteiger partial charge is 0.0933 e. The molecule has 3 heterocycles. The molecule has 4 heteroatoms. The molecule has 0 aliphatic carbocycles.